The first-order valence-electron chi connectivity index (χ1n) is 7.01. The van der Waals surface area contributed by atoms with Gasteiger partial charge in [-0.05, 0) is 51.0 Å². The van der Waals surface area contributed by atoms with Gasteiger partial charge in [0.1, 0.15) is 5.82 Å². The molecule has 2 aromatic carbocycles. The summed E-state index contributed by atoms with van der Waals surface area (Å²) in [6, 6.07) is 13.4. The number of hydrogen-bond donors (Lipinski definition) is 2. The van der Waals surface area contributed by atoms with Gasteiger partial charge in [0.05, 0.1) is 10.5 Å². The normalized spacial score (nSPS) is 12.7. The Balaban J connectivity index is 2.21. The third kappa shape index (κ3) is 3.90. The molecular formula is C17H20BrFN2. The van der Waals surface area contributed by atoms with E-state index in [-0.39, 0.29) is 11.9 Å². The summed E-state index contributed by atoms with van der Waals surface area (Å²) >= 11 is 3.30. The molecule has 0 spiro atoms. The molecule has 0 amide bonds. The predicted octanol–water partition coefficient (Wildman–Crippen LogP) is 4.46. The maximum absolute atomic E-state index is 13.6. The summed E-state index contributed by atoms with van der Waals surface area (Å²) in [5, 5.41) is 0. The van der Waals surface area contributed by atoms with E-state index in [4.69, 9.17) is 5.84 Å². The van der Waals surface area contributed by atoms with E-state index >= 15 is 0 Å². The van der Waals surface area contributed by atoms with Crippen molar-refractivity contribution in [3.05, 3.63) is 69.4 Å². The van der Waals surface area contributed by atoms with Gasteiger partial charge in [-0.1, -0.05) is 50.2 Å². The minimum absolute atomic E-state index is 0.0516. The average Bonchev–Trinajstić information content (AvgIpc) is 2.49. The van der Waals surface area contributed by atoms with Crippen LogP contribution in [0.2, 0.25) is 0 Å². The Morgan fingerprint density at radius 1 is 1.10 bits per heavy atom. The zero-order chi connectivity index (χ0) is 15.4. The number of nitrogens with one attached hydrogen (secondary N) is 1. The first-order chi connectivity index (χ1) is 10.0. The summed E-state index contributed by atoms with van der Waals surface area (Å²) in [5.74, 6) is 5.93. The van der Waals surface area contributed by atoms with E-state index in [0.29, 0.717) is 16.8 Å². The minimum atomic E-state index is -0.251. The molecule has 0 aromatic heterocycles. The van der Waals surface area contributed by atoms with E-state index in [1.165, 1.54) is 11.6 Å². The van der Waals surface area contributed by atoms with E-state index in [9.17, 15) is 4.39 Å². The highest BCUT2D eigenvalue weighted by molar-refractivity contribution is 9.10. The number of nitrogens with two attached hydrogens (primary N) is 1. The molecule has 21 heavy (non-hydrogen) atoms. The van der Waals surface area contributed by atoms with Crippen molar-refractivity contribution >= 4 is 15.9 Å². The highest BCUT2D eigenvalue weighted by Crippen LogP contribution is 2.26. The van der Waals surface area contributed by atoms with Gasteiger partial charge in [0.2, 0.25) is 0 Å². The van der Waals surface area contributed by atoms with Gasteiger partial charge in [-0.25, -0.2) is 4.39 Å². The second-order valence-electron chi connectivity index (χ2n) is 5.46. The van der Waals surface area contributed by atoms with Crippen LogP contribution >= 0.6 is 15.9 Å². The number of benzene rings is 2. The van der Waals surface area contributed by atoms with E-state index in [1.807, 2.05) is 6.07 Å². The number of hydrazine groups is 1. The predicted molar refractivity (Wildman–Crippen MR) is 88.4 cm³/mol. The molecule has 0 heterocycles. The molecule has 0 saturated carbocycles. The van der Waals surface area contributed by atoms with Crippen LogP contribution in [0.1, 0.15) is 42.5 Å². The Kier molecular flexibility index (Phi) is 5.51. The molecule has 0 aliphatic rings. The van der Waals surface area contributed by atoms with Crippen molar-refractivity contribution in [3.63, 3.8) is 0 Å². The van der Waals surface area contributed by atoms with Crippen molar-refractivity contribution in [2.75, 3.05) is 0 Å². The molecule has 4 heteroatoms. The SMILES string of the molecule is CC(C)c1ccc(C(Cc2cccc(F)c2Br)NN)cc1. The molecular weight excluding hydrogens is 331 g/mol. The van der Waals surface area contributed by atoms with Crippen LogP contribution in [-0.2, 0) is 6.42 Å². The van der Waals surface area contributed by atoms with Crippen LogP contribution in [0.5, 0.6) is 0 Å². The zero-order valence-electron chi connectivity index (χ0n) is 12.2. The lowest BCUT2D eigenvalue weighted by Gasteiger charge is -2.18. The fourth-order valence-corrected chi connectivity index (χ4v) is 2.74. The Bertz CT molecular complexity index is 596. The van der Waals surface area contributed by atoms with Crippen molar-refractivity contribution in [3.8, 4) is 0 Å². The van der Waals surface area contributed by atoms with E-state index in [1.54, 1.807) is 6.07 Å². The first kappa shape index (κ1) is 16.1. The van der Waals surface area contributed by atoms with Crippen LogP contribution < -0.4 is 11.3 Å². The van der Waals surface area contributed by atoms with Crippen molar-refractivity contribution in [1.82, 2.24) is 5.43 Å². The van der Waals surface area contributed by atoms with Crippen molar-refractivity contribution < 1.29 is 4.39 Å². The number of halogens is 2. The van der Waals surface area contributed by atoms with Crippen LogP contribution in [0.25, 0.3) is 0 Å². The lowest BCUT2D eigenvalue weighted by Crippen LogP contribution is -2.29. The van der Waals surface area contributed by atoms with Gasteiger partial charge >= 0.3 is 0 Å². The number of rotatable bonds is 5. The van der Waals surface area contributed by atoms with Gasteiger partial charge in [-0.3, -0.25) is 11.3 Å². The molecule has 2 rings (SSSR count). The second-order valence-corrected chi connectivity index (χ2v) is 6.25. The Morgan fingerprint density at radius 3 is 2.29 bits per heavy atom. The largest absolute Gasteiger partial charge is 0.271 e. The molecule has 0 bridgehead atoms. The summed E-state index contributed by atoms with van der Waals surface area (Å²) in [5.41, 5.74) is 6.10. The van der Waals surface area contributed by atoms with Crippen LogP contribution in [0, 0.1) is 5.82 Å². The second kappa shape index (κ2) is 7.16. The van der Waals surface area contributed by atoms with Gasteiger partial charge in [0, 0.05) is 0 Å². The quantitative estimate of drug-likeness (QED) is 0.617. The lowest BCUT2D eigenvalue weighted by molar-refractivity contribution is 0.546. The van der Waals surface area contributed by atoms with E-state index in [2.05, 4.69) is 59.5 Å². The van der Waals surface area contributed by atoms with E-state index < -0.39 is 0 Å². The lowest BCUT2D eigenvalue weighted by atomic mass is 9.96. The summed E-state index contributed by atoms with van der Waals surface area (Å²) in [6.07, 6.45) is 0.621. The molecule has 0 aliphatic carbocycles. The highest BCUT2D eigenvalue weighted by Gasteiger charge is 2.14. The van der Waals surface area contributed by atoms with Crippen LogP contribution in [0.15, 0.2) is 46.9 Å². The molecule has 0 radical (unpaired) electrons. The molecule has 0 aliphatic heterocycles. The molecule has 0 fully saturated rings. The molecule has 1 atom stereocenters. The van der Waals surface area contributed by atoms with Gasteiger partial charge in [0.25, 0.3) is 0 Å². The fraction of sp³-hybridized carbons (Fsp3) is 0.294. The Labute approximate surface area is 133 Å². The highest BCUT2D eigenvalue weighted by atomic mass is 79.9. The fourth-order valence-electron chi connectivity index (χ4n) is 2.31. The molecule has 2 aromatic rings. The molecule has 2 nitrogen and oxygen atoms in total. The molecule has 1 unspecified atom stereocenters. The molecule has 112 valence electrons. The maximum Gasteiger partial charge on any atom is 0.137 e. The summed E-state index contributed by atoms with van der Waals surface area (Å²) in [6.45, 7) is 4.33. The maximum atomic E-state index is 13.6. The monoisotopic (exact) mass is 350 g/mol. The third-order valence-corrected chi connectivity index (χ3v) is 4.55. The summed E-state index contributed by atoms with van der Waals surface area (Å²) in [7, 11) is 0. The van der Waals surface area contributed by atoms with Crippen molar-refractivity contribution in [2.24, 2.45) is 5.84 Å². The Morgan fingerprint density at radius 2 is 1.71 bits per heavy atom. The third-order valence-electron chi connectivity index (χ3n) is 3.66. The van der Waals surface area contributed by atoms with Gasteiger partial charge < -0.3 is 0 Å². The zero-order valence-corrected chi connectivity index (χ0v) is 13.8. The smallest absolute Gasteiger partial charge is 0.137 e. The van der Waals surface area contributed by atoms with Crippen molar-refractivity contribution in [2.45, 2.75) is 32.2 Å². The molecule has 0 saturated heterocycles. The van der Waals surface area contributed by atoms with Crippen LogP contribution in [0.4, 0.5) is 4.39 Å². The van der Waals surface area contributed by atoms with Gasteiger partial charge in [0.15, 0.2) is 0 Å². The summed E-state index contributed by atoms with van der Waals surface area (Å²) < 4.78 is 14.1. The summed E-state index contributed by atoms with van der Waals surface area (Å²) in [4.78, 5) is 0. The van der Waals surface area contributed by atoms with Crippen LogP contribution in [-0.4, -0.2) is 0 Å². The van der Waals surface area contributed by atoms with Gasteiger partial charge in [-0.15, -0.1) is 0 Å². The van der Waals surface area contributed by atoms with E-state index in [0.717, 1.165) is 11.1 Å². The first-order valence-corrected chi connectivity index (χ1v) is 7.81. The average molecular weight is 351 g/mol. The van der Waals surface area contributed by atoms with Crippen LogP contribution in [0.3, 0.4) is 0 Å². The standard InChI is InChI=1S/C17H20BrFN2/c1-11(2)12-6-8-13(9-7-12)16(21-20)10-14-4-3-5-15(19)17(14)18/h3-9,11,16,21H,10,20H2,1-2H3. The van der Waals surface area contributed by atoms with Crippen molar-refractivity contribution in [1.29, 1.82) is 0 Å². The molecule has 3 N–H and O–H groups in total. The number of hydrogen-bond acceptors (Lipinski definition) is 2. The minimum Gasteiger partial charge on any atom is -0.271 e. The van der Waals surface area contributed by atoms with Gasteiger partial charge in [-0.2, -0.15) is 0 Å². The topological polar surface area (TPSA) is 38.0 Å². The Hall–Kier alpha value is -1.23.